The fourth-order valence-electron chi connectivity index (χ4n) is 1.87. The average Bonchev–Trinajstić information content (AvgIpc) is 2.61. The van der Waals surface area contributed by atoms with Gasteiger partial charge in [-0.3, -0.25) is 4.79 Å². The lowest BCUT2D eigenvalue weighted by atomic mass is 10.2. The van der Waals surface area contributed by atoms with E-state index in [1.165, 1.54) is 12.1 Å². The summed E-state index contributed by atoms with van der Waals surface area (Å²) in [5.74, 6) is -0.260. The standard InChI is InChI=1S/C18H15ClN2O4/c19-14-3-7-16(8-4-14)24-11-12-25-18(23)13-1-5-15(6-2-13)21-17(22)9-10-20/h1-8H,9,11-12H2,(H,21,22). The normalized spacial score (nSPS) is 9.76. The summed E-state index contributed by atoms with van der Waals surface area (Å²) in [4.78, 5) is 23.2. The predicted molar refractivity (Wildman–Crippen MR) is 92.5 cm³/mol. The Hall–Kier alpha value is -3.04. The second kappa shape index (κ2) is 9.30. The zero-order chi connectivity index (χ0) is 18.1. The molecule has 0 aliphatic rings. The molecule has 0 aliphatic heterocycles. The van der Waals surface area contributed by atoms with Crippen LogP contribution in [-0.4, -0.2) is 25.1 Å². The molecule has 0 saturated carbocycles. The summed E-state index contributed by atoms with van der Waals surface area (Å²) in [6, 6.07) is 14.8. The molecule has 0 spiro atoms. The van der Waals surface area contributed by atoms with Crippen molar-refractivity contribution in [1.82, 2.24) is 0 Å². The number of hydrogen-bond acceptors (Lipinski definition) is 5. The topological polar surface area (TPSA) is 88.4 Å². The van der Waals surface area contributed by atoms with Crippen LogP contribution in [0.1, 0.15) is 16.8 Å². The van der Waals surface area contributed by atoms with Crippen molar-refractivity contribution in [3.05, 3.63) is 59.1 Å². The molecule has 128 valence electrons. The van der Waals surface area contributed by atoms with Gasteiger partial charge in [0.05, 0.1) is 11.6 Å². The number of esters is 1. The molecule has 2 rings (SSSR count). The number of ether oxygens (including phenoxy) is 2. The van der Waals surface area contributed by atoms with Crippen LogP contribution in [0.4, 0.5) is 5.69 Å². The minimum Gasteiger partial charge on any atom is -0.490 e. The Balaban J connectivity index is 1.76. The van der Waals surface area contributed by atoms with Gasteiger partial charge in [-0.25, -0.2) is 4.79 Å². The van der Waals surface area contributed by atoms with Crippen LogP contribution >= 0.6 is 11.6 Å². The van der Waals surface area contributed by atoms with Gasteiger partial charge in [-0.1, -0.05) is 11.6 Å². The van der Waals surface area contributed by atoms with Crippen LogP contribution in [0, 0.1) is 11.3 Å². The average molecular weight is 359 g/mol. The third-order valence-corrected chi connectivity index (χ3v) is 3.29. The quantitative estimate of drug-likeness (QED) is 0.605. The molecule has 6 nitrogen and oxygen atoms in total. The number of rotatable bonds is 7. The molecule has 0 radical (unpaired) electrons. The molecule has 0 aromatic heterocycles. The number of anilines is 1. The molecule has 0 saturated heterocycles. The number of nitrogens with zero attached hydrogens (tertiary/aromatic N) is 1. The van der Waals surface area contributed by atoms with Gasteiger partial charge in [0.15, 0.2) is 0 Å². The minimum atomic E-state index is -0.491. The molecule has 0 aliphatic carbocycles. The minimum absolute atomic E-state index is 0.0993. The second-order valence-electron chi connectivity index (χ2n) is 4.90. The Bertz CT molecular complexity index is 767. The van der Waals surface area contributed by atoms with E-state index >= 15 is 0 Å². The van der Waals surface area contributed by atoms with Gasteiger partial charge in [0.1, 0.15) is 25.4 Å². The van der Waals surface area contributed by atoms with E-state index in [1.54, 1.807) is 42.5 Å². The van der Waals surface area contributed by atoms with Gasteiger partial charge < -0.3 is 14.8 Å². The fraction of sp³-hybridized carbons (Fsp3) is 0.167. The van der Waals surface area contributed by atoms with Crippen LogP contribution in [0.2, 0.25) is 5.02 Å². The molecule has 25 heavy (non-hydrogen) atoms. The van der Waals surface area contributed by atoms with Crippen molar-refractivity contribution in [2.24, 2.45) is 0 Å². The lowest BCUT2D eigenvalue weighted by Gasteiger charge is -2.08. The number of carbonyl (C=O) groups excluding carboxylic acids is 2. The molecule has 7 heteroatoms. The van der Waals surface area contributed by atoms with Crippen LogP contribution in [0.5, 0.6) is 5.75 Å². The molecule has 0 bridgehead atoms. The number of benzene rings is 2. The van der Waals surface area contributed by atoms with E-state index < -0.39 is 11.9 Å². The van der Waals surface area contributed by atoms with E-state index in [4.69, 9.17) is 26.3 Å². The SMILES string of the molecule is N#CCC(=O)Nc1ccc(C(=O)OCCOc2ccc(Cl)cc2)cc1. The van der Waals surface area contributed by atoms with Gasteiger partial charge >= 0.3 is 5.97 Å². The van der Waals surface area contributed by atoms with E-state index in [-0.39, 0.29) is 19.6 Å². The van der Waals surface area contributed by atoms with Gasteiger partial charge in [-0.15, -0.1) is 0 Å². The first-order valence-electron chi connectivity index (χ1n) is 7.41. The third-order valence-electron chi connectivity index (χ3n) is 3.04. The van der Waals surface area contributed by atoms with E-state index in [0.29, 0.717) is 22.0 Å². The van der Waals surface area contributed by atoms with Crippen molar-refractivity contribution in [3.63, 3.8) is 0 Å². The number of nitrogens with one attached hydrogen (secondary N) is 1. The molecule has 1 amide bonds. The fourth-order valence-corrected chi connectivity index (χ4v) is 2.00. The van der Waals surface area contributed by atoms with Crippen molar-refractivity contribution < 1.29 is 19.1 Å². The van der Waals surface area contributed by atoms with E-state index in [1.807, 2.05) is 0 Å². The van der Waals surface area contributed by atoms with Crippen LogP contribution in [-0.2, 0) is 9.53 Å². The highest BCUT2D eigenvalue weighted by Gasteiger charge is 2.08. The lowest BCUT2D eigenvalue weighted by Crippen LogP contribution is -2.13. The molecule has 0 unspecified atom stereocenters. The Morgan fingerprint density at radius 2 is 1.72 bits per heavy atom. The first-order chi connectivity index (χ1) is 12.1. The summed E-state index contributed by atoms with van der Waals surface area (Å²) in [6.45, 7) is 0.317. The number of hydrogen-bond donors (Lipinski definition) is 1. The van der Waals surface area contributed by atoms with Crippen molar-refractivity contribution in [3.8, 4) is 11.8 Å². The summed E-state index contributed by atoms with van der Waals surface area (Å²) >= 11 is 5.77. The zero-order valence-corrected chi connectivity index (χ0v) is 14.0. The van der Waals surface area contributed by atoms with Crippen molar-refractivity contribution in [2.45, 2.75) is 6.42 Å². The van der Waals surface area contributed by atoms with Gasteiger partial charge in [0.25, 0.3) is 0 Å². The van der Waals surface area contributed by atoms with Crippen LogP contribution < -0.4 is 10.1 Å². The summed E-state index contributed by atoms with van der Waals surface area (Å²) < 4.78 is 10.5. The maximum Gasteiger partial charge on any atom is 0.338 e. The van der Waals surface area contributed by atoms with Crippen molar-refractivity contribution in [2.75, 3.05) is 18.5 Å². The Labute approximate surface area is 149 Å². The van der Waals surface area contributed by atoms with Gasteiger partial charge in [0, 0.05) is 10.7 Å². The first-order valence-corrected chi connectivity index (χ1v) is 7.78. The largest absolute Gasteiger partial charge is 0.490 e. The van der Waals surface area contributed by atoms with Crippen LogP contribution in [0.3, 0.4) is 0 Å². The Kier molecular flexibility index (Phi) is 6.81. The number of halogens is 1. The molecule has 1 N–H and O–H groups in total. The van der Waals surface area contributed by atoms with Gasteiger partial charge in [-0.05, 0) is 48.5 Å². The van der Waals surface area contributed by atoms with Gasteiger partial charge in [0.2, 0.25) is 5.91 Å². The van der Waals surface area contributed by atoms with Crippen molar-refractivity contribution >= 4 is 29.2 Å². The second-order valence-corrected chi connectivity index (χ2v) is 5.34. The molecule has 0 fully saturated rings. The highest BCUT2D eigenvalue weighted by Crippen LogP contribution is 2.15. The summed E-state index contributed by atoms with van der Waals surface area (Å²) in [7, 11) is 0. The first kappa shape index (κ1) is 18.3. The number of carbonyl (C=O) groups is 2. The zero-order valence-electron chi connectivity index (χ0n) is 13.2. The Morgan fingerprint density at radius 3 is 2.36 bits per heavy atom. The molecule has 2 aromatic carbocycles. The lowest BCUT2D eigenvalue weighted by molar-refractivity contribution is -0.115. The molecular formula is C18H15ClN2O4. The molecular weight excluding hydrogens is 344 g/mol. The van der Waals surface area contributed by atoms with Crippen molar-refractivity contribution in [1.29, 1.82) is 5.26 Å². The highest BCUT2D eigenvalue weighted by atomic mass is 35.5. The summed E-state index contributed by atoms with van der Waals surface area (Å²) in [5, 5.41) is 11.6. The van der Waals surface area contributed by atoms with Gasteiger partial charge in [-0.2, -0.15) is 5.26 Å². The molecule has 0 atom stereocenters. The smallest absolute Gasteiger partial charge is 0.338 e. The summed E-state index contributed by atoms with van der Waals surface area (Å²) in [6.07, 6.45) is -0.225. The molecule has 0 heterocycles. The number of amides is 1. The third kappa shape index (κ3) is 6.16. The summed E-state index contributed by atoms with van der Waals surface area (Å²) in [5.41, 5.74) is 0.854. The predicted octanol–water partition coefficient (Wildman–Crippen LogP) is 3.43. The van der Waals surface area contributed by atoms with Crippen LogP contribution in [0.15, 0.2) is 48.5 Å². The maximum atomic E-state index is 11.9. The monoisotopic (exact) mass is 358 g/mol. The van der Waals surface area contributed by atoms with E-state index in [9.17, 15) is 9.59 Å². The number of nitriles is 1. The Morgan fingerprint density at radius 1 is 1.04 bits per heavy atom. The van der Waals surface area contributed by atoms with E-state index in [0.717, 1.165) is 0 Å². The maximum absolute atomic E-state index is 11.9. The highest BCUT2D eigenvalue weighted by molar-refractivity contribution is 6.30. The van der Waals surface area contributed by atoms with Crippen LogP contribution in [0.25, 0.3) is 0 Å². The molecule has 2 aromatic rings. The van der Waals surface area contributed by atoms with E-state index in [2.05, 4.69) is 5.32 Å².